The Kier molecular flexibility index (Phi) is 59.6. The molecule has 7 aromatic carbocycles. The van der Waals surface area contributed by atoms with Crippen molar-refractivity contribution in [3.8, 4) is 36.5 Å². The molecular weight excluding hydrogens is 1730 g/mol. The number of hydrogen-bond donors (Lipinski definition) is 0. The van der Waals surface area contributed by atoms with E-state index in [0.29, 0.717) is 29.7 Å². The van der Waals surface area contributed by atoms with Gasteiger partial charge in [0.1, 0.15) is 6.29 Å². The molecule has 580 valence electrons. The molecule has 0 saturated carbocycles. The number of rotatable bonds is 20. The Morgan fingerprint density at radius 1 is 0.565 bits per heavy atom. The molecule has 0 saturated heterocycles. The normalized spacial score (nSPS) is 10.8. The summed E-state index contributed by atoms with van der Waals surface area (Å²) in [5, 5.41) is 8.86. The molecule has 0 fully saturated rings. The first-order valence-corrected chi connectivity index (χ1v) is 51.7. The lowest BCUT2D eigenvalue weighted by Crippen LogP contribution is -2.21. The van der Waals surface area contributed by atoms with Gasteiger partial charge in [0.05, 0.1) is 26.5 Å². The largest absolute Gasteiger partial charge is 0.335 e. The lowest BCUT2D eigenvalue weighted by molar-refractivity contribution is -0.165. The molecule has 0 heterocycles. The maximum absolute atomic E-state index is 12.2. The highest BCUT2D eigenvalue weighted by Gasteiger charge is 2.25. The third-order valence-corrected chi connectivity index (χ3v) is 33.4. The van der Waals surface area contributed by atoms with E-state index in [4.69, 9.17) is 79.9 Å². The van der Waals surface area contributed by atoms with Crippen LogP contribution in [0.25, 0.3) is 33.7 Å². The molecule has 7 aromatic rings. The summed E-state index contributed by atoms with van der Waals surface area (Å²) in [6.07, 6.45) is 33.8. The third-order valence-electron chi connectivity index (χ3n) is 14.5. The minimum absolute atomic E-state index is 0.0699. The van der Waals surface area contributed by atoms with Crippen LogP contribution in [0, 0.1) is 36.5 Å². The molecule has 29 heteroatoms. The molecule has 0 N–H and O–H groups in total. The number of benzene rings is 7. The average Bonchev–Trinajstić information content (AvgIpc) is 1.49. The maximum atomic E-state index is 12.2. The molecule has 0 radical (unpaired) electrons. The van der Waals surface area contributed by atoms with Crippen LogP contribution in [0.15, 0.2) is 133 Å². The van der Waals surface area contributed by atoms with Gasteiger partial charge in [0.25, 0.3) is 0 Å². The van der Waals surface area contributed by atoms with Gasteiger partial charge in [-0.2, -0.15) is 0 Å². The number of Topliss-reactive ketones (excluding diaryl/α,β-unsaturated/α-hetero) is 3. The highest BCUT2D eigenvalue weighted by atomic mass is 35.5. The van der Waals surface area contributed by atoms with Crippen LogP contribution in [-0.4, -0.2) is 62.0 Å². The summed E-state index contributed by atoms with van der Waals surface area (Å²) < 4.78 is 22.6. The predicted octanol–water partition coefficient (Wildman–Crippen LogP) is 21.7. The number of aldehydes is 1. The SMILES string of the molecule is C#CCCC/C=C/c1cccc(Cl)c1.C#CCCCC=O.CC(=O)C#CCCC/C=C/c1cccc(Cl)c1.CC(=O)c1c2c(cc3cc(Cl)ccc13)CCC2.CC(=O)c1c2c(cc3cccc(Cl)c13)CCC2.CCOP(=O)(Cc1cccc(Cl)c1)OCC.CON(C)C(C)=O.S=S=S=S=S=S.S=S=S=S=S=S=S. The van der Waals surface area contributed by atoms with E-state index < -0.39 is 7.60 Å². The predicted molar refractivity (Wildman–Crippen MR) is 494 cm³/mol. The lowest BCUT2D eigenvalue weighted by atomic mass is 9.93. The van der Waals surface area contributed by atoms with Gasteiger partial charge in [-0.25, -0.2) is 5.06 Å². The van der Waals surface area contributed by atoms with E-state index in [1.165, 1.54) is 96.5 Å². The summed E-state index contributed by atoms with van der Waals surface area (Å²) in [6, 6.07) is 38.7. The van der Waals surface area contributed by atoms with Gasteiger partial charge in [-0.15, -0.1) is 24.7 Å². The molecule has 1 amide bonds. The van der Waals surface area contributed by atoms with E-state index >= 15 is 0 Å². The molecule has 0 atom stereocenters. The van der Waals surface area contributed by atoms with Gasteiger partial charge >= 0.3 is 7.60 Å². The second-order valence-corrected chi connectivity index (χ2v) is 42.5. The van der Waals surface area contributed by atoms with Gasteiger partial charge in [-0.05, 0) is 214 Å². The van der Waals surface area contributed by atoms with E-state index in [9.17, 15) is 28.5 Å². The monoisotopic (exact) mass is 1820 g/mol. The summed E-state index contributed by atoms with van der Waals surface area (Å²) in [7, 11) is 13.0. The number of hydrogen-bond acceptors (Lipinski definition) is 13. The Hall–Kier alpha value is -4.21. The molecule has 0 aromatic heterocycles. The zero-order valence-electron chi connectivity index (χ0n) is 61.1. The number of fused-ring (bicyclic) bond motifs is 4. The van der Waals surface area contributed by atoms with Crippen molar-refractivity contribution >= 4 is 254 Å². The van der Waals surface area contributed by atoms with Gasteiger partial charge in [0.2, 0.25) is 11.7 Å². The van der Waals surface area contributed by atoms with Crippen molar-refractivity contribution in [2.24, 2.45) is 0 Å². The number of hydroxylamine groups is 2. The number of carbonyl (C=O) groups is 5. The van der Waals surface area contributed by atoms with Crippen LogP contribution in [0.3, 0.4) is 0 Å². The second kappa shape index (κ2) is 63.2. The maximum Gasteiger partial charge on any atom is 0.335 e. The first-order valence-electron chi connectivity index (χ1n) is 33.4. The van der Waals surface area contributed by atoms with E-state index in [-0.39, 0.29) is 29.4 Å². The van der Waals surface area contributed by atoms with Gasteiger partial charge in [-0.1, -0.05) is 155 Å². The summed E-state index contributed by atoms with van der Waals surface area (Å²) in [4.78, 5) is 58.6. The number of terminal acetylenes is 2. The van der Waals surface area contributed by atoms with Crippen molar-refractivity contribution in [2.75, 3.05) is 27.4 Å². The Labute approximate surface area is 709 Å². The molecule has 0 bridgehead atoms. The van der Waals surface area contributed by atoms with Crippen molar-refractivity contribution in [1.29, 1.82) is 0 Å². The van der Waals surface area contributed by atoms with Crippen LogP contribution in [0.5, 0.6) is 0 Å². The fraction of sp³-hybridized carbons (Fsp3) is 0.329. The van der Waals surface area contributed by atoms with Gasteiger partial charge in [-0.3, -0.25) is 28.6 Å². The Morgan fingerprint density at radius 3 is 1.47 bits per heavy atom. The smallest absolute Gasteiger partial charge is 0.309 e. The molecule has 10 nitrogen and oxygen atoms in total. The molecule has 108 heavy (non-hydrogen) atoms. The van der Waals surface area contributed by atoms with Crippen LogP contribution >= 0.6 is 65.6 Å². The fourth-order valence-corrected chi connectivity index (χ4v) is 26.5. The summed E-state index contributed by atoms with van der Waals surface area (Å²) in [5.74, 6) is 10.6. The number of amides is 1. The number of carbonyl (C=O) groups excluding carboxylic acids is 5. The van der Waals surface area contributed by atoms with Crippen LogP contribution in [-0.2, 0) is 189 Å². The zero-order valence-corrected chi connectivity index (χ0v) is 76.4. The van der Waals surface area contributed by atoms with Crippen molar-refractivity contribution in [1.82, 2.24) is 5.06 Å². The van der Waals surface area contributed by atoms with Crippen LogP contribution < -0.4 is 0 Å². The van der Waals surface area contributed by atoms with Gasteiger partial charge in [0.15, 0.2) is 11.6 Å². The first-order chi connectivity index (χ1) is 51.9. The van der Waals surface area contributed by atoms with E-state index in [2.05, 4.69) is 104 Å². The van der Waals surface area contributed by atoms with Crippen LogP contribution in [0.2, 0.25) is 25.1 Å². The van der Waals surface area contributed by atoms with Crippen molar-refractivity contribution < 1.29 is 42.4 Å². The standard InChI is InChI=1S/2C15H13ClO.C15H15ClO.C13H13Cl.C11H16ClO3P.C6H8O.C4H9NO2.S7.S6/c1-9(17)14-12-6-2-4-10(12)8-11-5-3-7-13(16)15(11)14;1-9(17)15-13-4-2-3-10(13)7-11-8-12(16)5-6-14(11)15;1-13(17)8-5-3-2-4-6-9-14-10-7-11-15(16)12-14;1-2-3-4-5-6-8-12-9-7-10-13(14)11-12;1-3-14-16(13,15-4-2)9-10-6-5-7-11(12)8-10;1-2-3-4-5-6-7;1-4(6)5(2)7-3;1-3-5-7-6-4-2;1-3-5-6-4-2/h3,5,7-8H,2,4,6H2,1H3;5-8H,2-4H2,1H3;6-7,9-12H,2-4H2,1H3;1,6-11H,3-5H2;5-8H,3-4,9H2,1-2H3;1,6H,3-5H2;1-3H3;;/b;;9-6+;8-6+;;;;;. The summed E-state index contributed by atoms with van der Waals surface area (Å²) in [5.41, 5.74) is 9.98. The van der Waals surface area contributed by atoms with E-state index in [0.717, 1.165) is 166 Å². The van der Waals surface area contributed by atoms with Crippen LogP contribution in [0.1, 0.15) is 172 Å². The highest BCUT2D eigenvalue weighted by Crippen LogP contribution is 2.51. The first kappa shape index (κ1) is 102. The number of nitrogens with zero attached hydrogens (tertiary/aromatic N) is 1. The minimum atomic E-state index is -3.02. The number of halogens is 5. The zero-order chi connectivity index (χ0) is 80.5. The van der Waals surface area contributed by atoms with Crippen molar-refractivity contribution in [2.45, 2.75) is 144 Å². The lowest BCUT2D eigenvalue weighted by Gasteiger charge is -2.16. The summed E-state index contributed by atoms with van der Waals surface area (Å²) in [6.45, 7) is 10.5. The number of aryl methyl sites for hydroxylation is 2. The molecule has 9 rings (SSSR count). The molecule has 0 aliphatic heterocycles. The minimum Gasteiger partial charge on any atom is -0.309 e. The van der Waals surface area contributed by atoms with Gasteiger partial charge in [0, 0.05) is 213 Å². The fourth-order valence-electron chi connectivity index (χ4n) is 10.0. The van der Waals surface area contributed by atoms with Crippen molar-refractivity contribution in [3.63, 3.8) is 0 Å². The van der Waals surface area contributed by atoms with Crippen molar-refractivity contribution in [3.05, 3.63) is 209 Å². The van der Waals surface area contributed by atoms with E-state index in [1.807, 2.05) is 103 Å². The van der Waals surface area contributed by atoms with E-state index in [1.54, 1.807) is 73.5 Å². The molecule has 0 spiro atoms. The highest BCUT2D eigenvalue weighted by molar-refractivity contribution is 8.68. The summed E-state index contributed by atoms with van der Waals surface area (Å²) >= 11 is 48.0. The Morgan fingerprint density at radius 2 is 1.03 bits per heavy atom. The molecule has 2 aliphatic rings. The van der Waals surface area contributed by atoms with Crippen LogP contribution in [0.4, 0.5) is 0 Å². The topological polar surface area (TPSA) is 133 Å². The quantitative estimate of drug-likeness (QED) is 0.0136. The molecule has 0 unspecified atom stereocenters. The molecule has 2 aliphatic carbocycles. The third kappa shape index (κ3) is 44.9. The number of allylic oxidation sites excluding steroid dienone is 2. The second-order valence-electron chi connectivity index (χ2n) is 22.4. The molecular formula is C79H87Cl5NO9PS13. The number of unbranched alkanes of at least 4 members (excludes halogenated alkanes) is 6. The van der Waals surface area contributed by atoms with Gasteiger partial charge < -0.3 is 13.8 Å². The Balaban J connectivity index is 0.000000623. The number of ketones is 3. The Bertz CT molecular complexity index is 4750. The average molecular weight is 1820 g/mol.